The number of hydrogen-bond donors (Lipinski definition) is 1. The summed E-state index contributed by atoms with van der Waals surface area (Å²) >= 11 is 3.28. The van der Waals surface area contributed by atoms with Crippen molar-refractivity contribution in [1.82, 2.24) is 4.98 Å². The molecule has 0 saturated carbocycles. The highest BCUT2D eigenvalue weighted by Crippen LogP contribution is 2.21. The van der Waals surface area contributed by atoms with Crippen molar-refractivity contribution in [3.05, 3.63) is 57.8 Å². The first-order valence-corrected chi connectivity index (χ1v) is 6.30. The largest absolute Gasteiger partial charge is 0.319 e. The van der Waals surface area contributed by atoms with Crippen molar-refractivity contribution < 1.29 is 4.79 Å². The van der Waals surface area contributed by atoms with Gasteiger partial charge in [-0.15, -0.1) is 0 Å². The number of benzene rings is 1. The van der Waals surface area contributed by atoms with E-state index in [-0.39, 0.29) is 5.69 Å². The van der Waals surface area contributed by atoms with Gasteiger partial charge in [-0.1, -0.05) is 15.9 Å². The number of aromatic nitrogens is 1. The smallest absolute Gasteiger partial charge is 0.274 e. The predicted octanol–water partition coefficient (Wildman–Crippen LogP) is 2.84. The van der Waals surface area contributed by atoms with Gasteiger partial charge in [-0.3, -0.25) is 4.79 Å². The predicted molar refractivity (Wildman–Crippen MR) is 75.8 cm³/mol. The summed E-state index contributed by atoms with van der Waals surface area (Å²) in [5, 5.41) is 20.3. The van der Waals surface area contributed by atoms with Crippen LogP contribution in [-0.2, 0) is 0 Å². The molecule has 0 aliphatic heterocycles. The summed E-state index contributed by atoms with van der Waals surface area (Å²) in [4.78, 5) is 15.9. The Balaban J connectivity index is 2.26. The van der Waals surface area contributed by atoms with Gasteiger partial charge in [0, 0.05) is 10.7 Å². The molecule has 96 valence electrons. The highest BCUT2D eigenvalue weighted by atomic mass is 79.9. The van der Waals surface area contributed by atoms with E-state index in [2.05, 4.69) is 26.2 Å². The van der Waals surface area contributed by atoms with Crippen LogP contribution in [0, 0.1) is 22.7 Å². The molecule has 0 radical (unpaired) electrons. The second kappa shape index (κ2) is 5.96. The lowest BCUT2D eigenvalue weighted by Crippen LogP contribution is -2.14. The monoisotopic (exact) mass is 326 g/mol. The maximum absolute atomic E-state index is 12.0. The van der Waals surface area contributed by atoms with Crippen molar-refractivity contribution in [2.24, 2.45) is 0 Å². The molecule has 2 rings (SSSR count). The van der Waals surface area contributed by atoms with Crippen LogP contribution in [0.1, 0.15) is 21.6 Å². The van der Waals surface area contributed by atoms with Gasteiger partial charge in [0.25, 0.3) is 5.91 Å². The van der Waals surface area contributed by atoms with Crippen molar-refractivity contribution in [3.63, 3.8) is 0 Å². The molecule has 2 aromatic rings. The van der Waals surface area contributed by atoms with Crippen molar-refractivity contribution >= 4 is 27.5 Å². The Labute approximate surface area is 123 Å². The fraction of sp³-hybridized carbons (Fsp3) is 0. The molecule has 6 heteroatoms. The molecule has 0 bridgehead atoms. The van der Waals surface area contributed by atoms with Crippen molar-refractivity contribution in [3.8, 4) is 12.1 Å². The highest BCUT2D eigenvalue weighted by molar-refractivity contribution is 9.10. The number of amides is 1. The van der Waals surface area contributed by atoms with E-state index in [1.807, 2.05) is 12.1 Å². The first-order valence-electron chi connectivity index (χ1n) is 5.51. The quantitative estimate of drug-likeness (QED) is 0.918. The van der Waals surface area contributed by atoms with Gasteiger partial charge >= 0.3 is 0 Å². The van der Waals surface area contributed by atoms with Crippen LogP contribution in [0.25, 0.3) is 0 Å². The molecular formula is C14H7BrN4O. The Morgan fingerprint density at radius 1 is 1.20 bits per heavy atom. The molecule has 1 amide bonds. The van der Waals surface area contributed by atoms with E-state index in [1.54, 1.807) is 18.2 Å². The summed E-state index contributed by atoms with van der Waals surface area (Å²) < 4.78 is 0.750. The van der Waals surface area contributed by atoms with Gasteiger partial charge in [0.1, 0.15) is 17.8 Å². The standard InChI is InChI=1S/C14H7BrN4O/c15-11-3-2-10(7-17)13(5-11)19-14(20)12-4-1-9(6-16)8-18-12/h1-5,8H,(H,19,20). The first-order chi connectivity index (χ1) is 9.63. The van der Waals surface area contributed by atoms with Gasteiger partial charge in [-0.25, -0.2) is 4.98 Å². The van der Waals surface area contributed by atoms with Crippen molar-refractivity contribution in [2.45, 2.75) is 0 Å². The number of halogens is 1. The van der Waals surface area contributed by atoms with Crippen LogP contribution < -0.4 is 5.32 Å². The lowest BCUT2D eigenvalue weighted by atomic mass is 10.2. The van der Waals surface area contributed by atoms with E-state index in [9.17, 15) is 4.79 Å². The van der Waals surface area contributed by atoms with Crippen molar-refractivity contribution in [2.75, 3.05) is 5.32 Å². The Kier molecular flexibility index (Phi) is 4.09. The van der Waals surface area contributed by atoms with E-state index >= 15 is 0 Å². The Bertz CT molecular complexity index is 741. The van der Waals surface area contributed by atoms with Gasteiger partial charge in [0.15, 0.2) is 0 Å². The third-order valence-corrected chi connectivity index (χ3v) is 2.97. The minimum Gasteiger partial charge on any atom is -0.319 e. The Hall–Kier alpha value is -2.70. The molecule has 1 aromatic heterocycles. The molecule has 0 aliphatic rings. The summed E-state index contributed by atoms with van der Waals surface area (Å²) in [7, 11) is 0. The zero-order valence-electron chi connectivity index (χ0n) is 10.1. The molecule has 0 unspecified atom stereocenters. The first kappa shape index (κ1) is 13.7. The van der Waals surface area contributed by atoms with Crippen LogP contribution in [0.5, 0.6) is 0 Å². The fourth-order valence-electron chi connectivity index (χ4n) is 1.50. The summed E-state index contributed by atoms with van der Waals surface area (Å²) in [6.07, 6.45) is 1.32. The van der Waals surface area contributed by atoms with Gasteiger partial charge in [0.2, 0.25) is 0 Å². The molecule has 0 atom stereocenters. The molecular weight excluding hydrogens is 320 g/mol. The maximum atomic E-state index is 12.0. The van der Waals surface area contributed by atoms with Gasteiger partial charge in [-0.05, 0) is 30.3 Å². The topological polar surface area (TPSA) is 89.6 Å². The van der Waals surface area contributed by atoms with E-state index < -0.39 is 5.91 Å². The van der Waals surface area contributed by atoms with Crippen LogP contribution in [0.3, 0.4) is 0 Å². The lowest BCUT2D eigenvalue weighted by Gasteiger charge is -2.07. The molecule has 1 heterocycles. The third kappa shape index (κ3) is 3.00. The Morgan fingerprint density at radius 3 is 2.60 bits per heavy atom. The average molecular weight is 327 g/mol. The fourth-order valence-corrected chi connectivity index (χ4v) is 1.86. The number of carbonyl (C=O) groups is 1. The second-order valence-corrected chi connectivity index (χ2v) is 4.72. The number of nitrogens with one attached hydrogen (secondary N) is 1. The maximum Gasteiger partial charge on any atom is 0.274 e. The molecule has 1 N–H and O–H groups in total. The number of anilines is 1. The van der Waals surface area contributed by atoms with Gasteiger partial charge in [0.05, 0.1) is 16.8 Å². The number of nitriles is 2. The highest BCUT2D eigenvalue weighted by Gasteiger charge is 2.10. The minimum absolute atomic E-state index is 0.174. The van der Waals surface area contributed by atoms with Gasteiger partial charge < -0.3 is 5.32 Å². The molecule has 0 spiro atoms. The number of pyridine rings is 1. The zero-order chi connectivity index (χ0) is 14.5. The summed E-state index contributed by atoms with van der Waals surface area (Å²) in [6.45, 7) is 0. The van der Waals surface area contributed by atoms with E-state index in [1.165, 1.54) is 18.3 Å². The Morgan fingerprint density at radius 2 is 2.00 bits per heavy atom. The van der Waals surface area contributed by atoms with Crippen LogP contribution in [0.4, 0.5) is 5.69 Å². The van der Waals surface area contributed by atoms with Crippen LogP contribution in [-0.4, -0.2) is 10.9 Å². The summed E-state index contributed by atoms with van der Waals surface area (Å²) in [5.41, 5.74) is 1.31. The normalized spacial score (nSPS) is 9.35. The number of carbonyl (C=O) groups excluding carboxylic acids is 1. The van der Waals surface area contributed by atoms with Crippen molar-refractivity contribution in [1.29, 1.82) is 10.5 Å². The molecule has 0 aliphatic carbocycles. The van der Waals surface area contributed by atoms with E-state index in [0.717, 1.165) is 4.47 Å². The molecule has 1 aromatic carbocycles. The lowest BCUT2D eigenvalue weighted by molar-refractivity contribution is 0.102. The summed E-state index contributed by atoms with van der Waals surface area (Å²) in [6, 6.07) is 11.8. The van der Waals surface area contributed by atoms with Gasteiger partial charge in [-0.2, -0.15) is 10.5 Å². The second-order valence-electron chi connectivity index (χ2n) is 3.80. The molecule has 5 nitrogen and oxygen atoms in total. The SMILES string of the molecule is N#Cc1ccc(C(=O)Nc2cc(Br)ccc2C#N)nc1. The molecule has 20 heavy (non-hydrogen) atoms. The minimum atomic E-state index is -0.441. The average Bonchev–Trinajstić information content (AvgIpc) is 2.47. The van der Waals surface area contributed by atoms with Crippen LogP contribution in [0.2, 0.25) is 0 Å². The molecule has 0 fully saturated rings. The zero-order valence-corrected chi connectivity index (χ0v) is 11.7. The van der Waals surface area contributed by atoms with Crippen LogP contribution >= 0.6 is 15.9 Å². The van der Waals surface area contributed by atoms with Crippen LogP contribution in [0.15, 0.2) is 41.0 Å². The number of nitrogens with zero attached hydrogens (tertiary/aromatic N) is 3. The summed E-state index contributed by atoms with van der Waals surface area (Å²) in [5.74, 6) is -0.441. The number of hydrogen-bond acceptors (Lipinski definition) is 4. The number of rotatable bonds is 2. The van der Waals surface area contributed by atoms with E-state index in [0.29, 0.717) is 16.8 Å². The third-order valence-electron chi connectivity index (χ3n) is 2.48. The van der Waals surface area contributed by atoms with E-state index in [4.69, 9.17) is 10.5 Å². The molecule has 0 saturated heterocycles.